The maximum absolute atomic E-state index is 12.7. The fourth-order valence-corrected chi connectivity index (χ4v) is 1.80. The molecule has 0 aliphatic carbocycles. The number of nitrogen functional groups attached to an aromatic ring is 1. The van der Waals surface area contributed by atoms with E-state index in [1.54, 1.807) is 13.8 Å². The van der Waals surface area contributed by atoms with Gasteiger partial charge in [0.2, 0.25) is 5.95 Å². The SMILES string of the molecule is Cc1nn(-c2cc(C(F)(F)F)nc(N)n2)c(C)c1Br. The van der Waals surface area contributed by atoms with Gasteiger partial charge in [-0.3, -0.25) is 0 Å². The zero-order chi connectivity index (χ0) is 14.4. The minimum Gasteiger partial charge on any atom is -0.368 e. The standard InChI is InChI=1S/C10H9BrF3N5/c1-4-8(11)5(2)19(18-4)7-3-6(10(12,13)14)16-9(15)17-7/h3H,1-2H3,(H2,15,16,17). The van der Waals surface area contributed by atoms with Gasteiger partial charge in [0.1, 0.15) is 0 Å². The van der Waals surface area contributed by atoms with Crippen molar-refractivity contribution < 1.29 is 13.2 Å². The molecule has 102 valence electrons. The lowest BCUT2D eigenvalue weighted by molar-refractivity contribution is -0.141. The summed E-state index contributed by atoms with van der Waals surface area (Å²) < 4.78 is 40.0. The molecular formula is C10H9BrF3N5. The molecule has 0 aromatic carbocycles. The Kier molecular flexibility index (Phi) is 3.25. The predicted octanol–water partition coefficient (Wildman–Crippen LogP) is 2.64. The molecule has 0 bridgehead atoms. The van der Waals surface area contributed by atoms with E-state index in [-0.39, 0.29) is 5.82 Å². The van der Waals surface area contributed by atoms with Crippen molar-refractivity contribution in [2.75, 3.05) is 5.73 Å². The average Bonchev–Trinajstić information content (AvgIpc) is 2.55. The number of aryl methyl sites for hydroxylation is 1. The van der Waals surface area contributed by atoms with E-state index in [2.05, 4.69) is 31.0 Å². The Bertz CT molecular complexity index is 635. The summed E-state index contributed by atoms with van der Waals surface area (Å²) in [4.78, 5) is 6.96. The Balaban J connectivity index is 2.63. The van der Waals surface area contributed by atoms with Gasteiger partial charge in [-0.05, 0) is 29.8 Å². The first-order valence-corrected chi connectivity index (χ1v) is 5.93. The quantitative estimate of drug-likeness (QED) is 0.869. The largest absolute Gasteiger partial charge is 0.433 e. The lowest BCUT2D eigenvalue weighted by Crippen LogP contribution is -2.14. The summed E-state index contributed by atoms with van der Waals surface area (Å²) >= 11 is 3.29. The summed E-state index contributed by atoms with van der Waals surface area (Å²) in [5.41, 5.74) is 5.49. The van der Waals surface area contributed by atoms with Crippen molar-refractivity contribution in [1.82, 2.24) is 19.7 Å². The number of nitrogens with zero attached hydrogens (tertiary/aromatic N) is 4. The van der Waals surface area contributed by atoms with Crippen LogP contribution in [0.4, 0.5) is 19.1 Å². The van der Waals surface area contributed by atoms with E-state index < -0.39 is 17.8 Å². The van der Waals surface area contributed by atoms with Crippen LogP contribution in [0.15, 0.2) is 10.5 Å². The van der Waals surface area contributed by atoms with Crippen LogP contribution in [-0.4, -0.2) is 19.7 Å². The fraction of sp³-hybridized carbons (Fsp3) is 0.300. The molecule has 0 atom stereocenters. The highest BCUT2D eigenvalue weighted by Crippen LogP contribution is 2.30. The Morgan fingerprint density at radius 1 is 1.26 bits per heavy atom. The molecule has 0 aliphatic heterocycles. The van der Waals surface area contributed by atoms with Crippen LogP contribution in [0.2, 0.25) is 0 Å². The van der Waals surface area contributed by atoms with E-state index in [1.807, 2.05) is 0 Å². The number of rotatable bonds is 1. The predicted molar refractivity (Wildman–Crippen MR) is 65.7 cm³/mol. The molecular weight excluding hydrogens is 327 g/mol. The van der Waals surface area contributed by atoms with Gasteiger partial charge in [0.05, 0.1) is 15.9 Å². The molecule has 2 aromatic heterocycles. The number of nitrogens with two attached hydrogens (primary N) is 1. The first kappa shape index (κ1) is 13.8. The van der Waals surface area contributed by atoms with Crippen molar-refractivity contribution in [3.8, 4) is 5.82 Å². The minimum absolute atomic E-state index is 0.0221. The van der Waals surface area contributed by atoms with Crippen LogP contribution in [0.25, 0.3) is 5.82 Å². The molecule has 0 aliphatic rings. The van der Waals surface area contributed by atoms with E-state index in [4.69, 9.17) is 5.73 Å². The van der Waals surface area contributed by atoms with Gasteiger partial charge in [-0.2, -0.15) is 23.3 Å². The molecule has 2 aromatic rings. The highest BCUT2D eigenvalue weighted by molar-refractivity contribution is 9.10. The molecule has 0 radical (unpaired) electrons. The molecule has 0 spiro atoms. The zero-order valence-corrected chi connectivity index (χ0v) is 11.5. The molecule has 0 unspecified atom stereocenters. The molecule has 2 N–H and O–H groups in total. The van der Waals surface area contributed by atoms with Crippen LogP contribution in [0, 0.1) is 13.8 Å². The summed E-state index contributed by atoms with van der Waals surface area (Å²) in [6.45, 7) is 3.43. The number of aromatic nitrogens is 4. The normalized spacial score (nSPS) is 11.9. The number of halogens is 4. The van der Waals surface area contributed by atoms with Gasteiger partial charge in [0.15, 0.2) is 11.5 Å². The molecule has 0 saturated carbocycles. The van der Waals surface area contributed by atoms with Crippen molar-refractivity contribution >= 4 is 21.9 Å². The Labute approximate surface area is 114 Å². The van der Waals surface area contributed by atoms with Gasteiger partial charge in [-0.1, -0.05) is 0 Å². The van der Waals surface area contributed by atoms with E-state index in [0.29, 0.717) is 15.9 Å². The van der Waals surface area contributed by atoms with E-state index in [0.717, 1.165) is 6.07 Å². The Morgan fingerprint density at radius 3 is 2.37 bits per heavy atom. The molecule has 2 rings (SSSR count). The van der Waals surface area contributed by atoms with Crippen LogP contribution in [0.5, 0.6) is 0 Å². The maximum atomic E-state index is 12.7. The van der Waals surface area contributed by atoms with Gasteiger partial charge < -0.3 is 5.73 Å². The molecule has 0 saturated heterocycles. The van der Waals surface area contributed by atoms with Crippen molar-refractivity contribution in [2.24, 2.45) is 0 Å². The van der Waals surface area contributed by atoms with Gasteiger partial charge in [0, 0.05) is 6.07 Å². The fourth-order valence-electron chi connectivity index (χ4n) is 1.55. The summed E-state index contributed by atoms with van der Waals surface area (Å²) in [6.07, 6.45) is -4.58. The zero-order valence-electron chi connectivity index (χ0n) is 9.96. The van der Waals surface area contributed by atoms with Crippen molar-refractivity contribution in [1.29, 1.82) is 0 Å². The van der Waals surface area contributed by atoms with Crippen LogP contribution >= 0.6 is 15.9 Å². The Morgan fingerprint density at radius 2 is 1.89 bits per heavy atom. The summed E-state index contributed by atoms with van der Waals surface area (Å²) in [5.74, 6) is -0.473. The molecule has 0 fully saturated rings. The number of anilines is 1. The summed E-state index contributed by atoms with van der Waals surface area (Å²) in [7, 11) is 0. The smallest absolute Gasteiger partial charge is 0.368 e. The van der Waals surface area contributed by atoms with Crippen LogP contribution < -0.4 is 5.73 Å². The van der Waals surface area contributed by atoms with Crippen LogP contribution in [0.1, 0.15) is 17.1 Å². The van der Waals surface area contributed by atoms with Gasteiger partial charge in [-0.15, -0.1) is 0 Å². The highest BCUT2D eigenvalue weighted by Gasteiger charge is 2.34. The van der Waals surface area contributed by atoms with E-state index in [9.17, 15) is 13.2 Å². The molecule has 19 heavy (non-hydrogen) atoms. The Hall–Kier alpha value is -1.64. The third-order valence-corrected chi connectivity index (χ3v) is 3.59. The number of hydrogen-bond acceptors (Lipinski definition) is 4. The second kappa shape index (κ2) is 4.48. The van der Waals surface area contributed by atoms with Gasteiger partial charge in [-0.25, -0.2) is 9.67 Å². The van der Waals surface area contributed by atoms with E-state index in [1.165, 1.54) is 4.68 Å². The molecule has 9 heteroatoms. The number of hydrogen-bond donors (Lipinski definition) is 1. The summed E-state index contributed by atoms with van der Waals surface area (Å²) in [5, 5.41) is 4.10. The second-order valence-electron chi connectivity index (χ2n) is 3.86. The lowest BCUT2D eigenvalue weighted by atomic mass is 10.3. The second-order valence-corrected chi connectivity index (χ2v) is 4.66. The van der Waals surface area contributed by atoms with Gasteiger partial charge >= 0.3 is 6.18 Å². The van der Waals surface area contributed by atoms with Crippen molar-refractivity contribution in [3.63, 3.8) is 0 Å². The van der Waals surface area contributed by atoms with Crippen molar-refractivity contribution in [2.45, 2.75) is 20.0 Å². The van der Waals surface area contributed by atoms with Crippen LogP contribution in [0.3, 0.4) is 0 Å². The topological polar surface area (TPSA) is 69.6 Å². The van der Waals surface area contributed by atoms with Crippen molar-refractivity contribution in [3.05, 3.63) is 27.6 Å². The molecule has 2 heterocycles. The minimum atomic E-state index is -4.58. The van der Waals surface area contributed by atoms with E-state index >= 15 is 0 Å². The third kappa shape index (κ3) is 2.55. The average molecular weight is 336 g/mol. The first-order chi connectivity index (χ1) is 8.70. The summed E-state index contributed by atoms with van der Waals surface area (Å²) in [6, 6.07) is 0.808. The maximum Gasteiger partial charge on any atom is 0.433 e. The molecule has 5 nitrogen and oxygen atoms in total. The lowest BCUT2D eigenvalue weighted by Gasteiger charge is -2.09. The number of alkyl halides is 3. The van der Waals surface area contributed by atoms with Crippen LogP contribution in [-0.2, 0) is 6.18 Å². The third-order valence-electron chi connectivity index (χ3n) is 2.44. The van der Waals surface area contributed by atoms with Gasteiger partial charge in [0.25, 0.3) is 0 Å². The highest BCUT2D eigenvalue weighted by atomic mass is 79.9. The molecule has 0 amide bonds. The monoisotopic (exact) mass is 335 g/mol. The first-order valence-electron chi connectivity index (χ1n) is 5.14.